The van der Waals surface area contributed by atoms with E-state index in [-0.39, 0.29) is 37.4 Å². The zero-order valence-corrected chi connectivity index (χ0v) is 20.4. The average molecular weight is 517 g/mol. The minimum atomic E-state index is -3.00. The summed E-state index contributed by atoms with van der Waals surface area (Å²) in [6, 6.07) is 5.34. The second kappa shape index (κ2) is 8.84. The molecule has 3 aromatic heterocycles. The van der Waals surface area contributed by atoms with Gasteiger partial charge >= 0.3 is 0 Å². The lowest BCUT2D eigenvalue weighted by Gasteiger charge is -2.44. The molecule has 37 heavy (non-hydrogen) atoms. The molecule has 0 aliphatic carbocycles. The molecule has 4 aromatic rings. The number of fused-ring (bicyclic) bond motifs is 2. The first kappa shape index (κ1) is 23.9. The van der Waals surface area contributed by atoms with Crippen LogP contribution in [0.4, 0.5) is 19.1 Å². The van der Waals surface area contributed by atoms with Gasteiger partial charge in [-0.05, 0) is 43.1 Å². The van der Waals surface area contributed by atoms with Crippen LogP contribution in [0.5, 0.6) is 5.88 Å². The van der Waals surface area contributed by atoms with Crippen molar-refractivity contribution in [1.82, 2.24) is 34.5 Å². The third-order valence-corrected chi connectivity index (χ3v) is 7.21. The average Bonchev–Trinajstić information content (AvgIpc) is 3.37. The largest absolute Gasteiger partial charge is 0.479 e. The molecule has 1 aromatic carbocycles. The second-order valence-electron chi connectivity index (χ2n) is 9.75. The van der Waals surface area contributed by atoms with Gasteiger partial charge in [-0.25, -0.2) is 22.4 Å². The fourth-order valence-electron chi connectivity index (χ4n) is 5.38. The fraction of sp³-hybridized carbons (Fsp3) is 0.500. The topological polar surface area (TPSA) is 109 Å². The van der Waals surface area contributed by atoms with Crippen molar-refractivity contribution in [2.75, 3.05) is 39.1 Å². The highest BCUT2D eigenvalue weighted by atomic mass is 19.3. The van der Waals surface area contributed by atoms with Crippen molar-refractivity contribution in [2.24, 2.45) is 0 Å². The number of ether oxygens (including phenoxy) is 2. The number of alkyl halides is 3. The molecular weight excluding hydrogens is 489 g/mol. The minimum Gasteiger partial charge on any atom is -0.479 e. The van der Waals surface area contributed by atoms with Gasteiger partial charge < -0.3 is 15.2 Å². The van der Waals surface area contributed by atoms with E-state index < -0.39 is 18.0 Å². The van der Waals surface area contributed by atoms with Crippen LogP contribution in [0.15, 0.2) is 24.4 Å². The number of nitrogen functional groups attached to an aromatic ring is 1. The van der Waals surface area contributed by atoms with Crippen LogP contribution in [0.1, 0.15) is 24.8 Å². The normalized spacial score (nSPS) is 21.4. The van der Waals surface area contributed by atoms with Gasteiger partial charge in [-0.3, -0.25) is 4.90 Å². The van der Waals surface area contributed by atoms with E-state index in [0.29, 0.717) is 53.0 Å². The third-order valence-electron chi connectivity index (χ3n) is 7.21. The number of benzene rings is 1. The van der Waals surface area contributed by atoms with Crippen LogP contribution in [0.25, 0.3) is 27.7 Å². The molecule has 2 aliphatic heterocycles. The fourth-order valence-corrected chi connectivity index (χ4v) is 5.38. The molecule has 0 saturated carbocycles. The summed E-state index contributed by atoms with van der Waals surface area (Å²) in [5.74, 6) is -3.95. The summed E-state index contributed by atoms with van der Waals surface area (Å²) in [6.07, 6.45) is 0.704. The Balaban J connectivity index is 1.52. The number of nitrogens with two attached hydrogens (primary N) is 1. The van der Waals surface area contributed by atoms with Crippen molar-refractivity contribution in [1.29, 1.82) is 0 Å². The van der Waals surface area contributed by atoms with Crippen LogP contribution in [0.2, 0.25) is 0 Å². The number of aromatic nitrogens is 6. The van der Waals surface area contributed by atoms with Crippen molar-refractivity contribution in [2.45, 2.75) is 43.9 Å². The van der Waals surface area contributed by atoms with Crippen LogP contribution in [-0.4, -0.2) is 86.0 Å². The molecule has 0 bridgehead atoms. The molecule has 0 spiro atoms. The molecule has 0 unspecified atom stereocenters. The zero-order valence-electron chi connectivity index (χ0n) is 20.4. The zero-order chi connectivity index (χ0) is 25.9. The summed E-state index contributed by atoms with van der Waals surface area (Å²) in [6.45, 7) is 2.59. The van der Waals surface area contributed by atoms with Crippen LogP contribution < -0.4 is 10.5 Å². The van der Waals surface area contributed by atoms with Gasteiger partial charge in [0.1, 0.15) is 17.2 Å². The van der Waals surface area contributed by atoms with Gasteiger partial charge in [0, 0.05) is 11.8 Å². The summed E-state index contributed by atoms with van der Waals surface area (Å²) in [4.78, 5) is 6.01. The molecule has 2 saturated heterocycles. The van der Waals surface area contributed by atoms with E-state index in [1.165, 1.54) is 23.2 Å². The maximum Gasteiger partial charge on any atom is 0.267 e. The predicted molar refractivity (Wildman–Crippen MR) is 130 cm³/mol. The Labute approximate surface area is 210 Å². The Hall–Kier alpha value is -3.45. The summed E-state index contributed by atoms with van der Waals surface area (Å²) in [5, 5.41) is 12.4. The molecular formula is C24H27F3N8O2. The molecule has 0 radical (unpaired) electrons. The van der Waals surface area contributed by atoms with Gasteiger partial charge in [-0.2, -0.15) is 4.98 Å². The van der Waals surface area contributed by atoms with Crippen LogP contribution in [0.3, 0.4) is 0 Å². The van der Waals surface area contributed by atoms with Crippen LogP contribution in [0, 0.1) is 0 Å². The molecule has 2 fully saturated rings. The standard InChI is InChI=1S/C24H27F3N8O2/c1-13(25)8-34-19-7-14(3-4-18(19)30-32-34)20-16(9-35-21(20)22(36-2)29-23(28)31-35)17-5-6-33(12-24(17,26)27)15-10-37-11-15/h3-4,7,9,13,15,17H,5-6,8,10-12H2,1-2H3,(H2,28,31)/t13-,17+/m0/s1. The second-order valence-corrected chi connectivity index (χ2v) is 9.75. The first-order valence-corrected chi connectivity index (χ1v) is 12.1. The van der Waals surface area contributed by atoms with E-state index in [4.69, 9.17) is 15.2 Å². The predicted octanol–water partition coefficient (Wildman–Crippen LogP) is 2.91. The van der Waals surface area contributed by atoms with E-state index >= 15 is 8.78 Å². The summed E-state index contributed by atoms with van der Waals surface area (Å²) in [5.41, 5.74) is 9.04. The van der Waals surface area contributed by atoms with Crippen molar-refractivity contribution in [3.63, 3.8) is 0 Å². The van der Waals surface area contributed by atoms with Gasteiger partial charge in [0.2, 0.25) is 11.8 Å². The summed E-state index contributed by atoms with van der Waals surface area (Å²) < 4.78 is 59.0. The quantitative estimate of drug-likeness (QED) is 0.417. The summed E-state index contributed by atoms with van der Waals surface area (Å²) in [7, 11) is 1.44. The summed E-state index contributed by atoms with van der Waals surface area (Å²) >= 11 is 0. The van der Waals surface area contributed by atoms with Crippen LogP contribution >= 0.6 is 0 Å². The monoisotopic (exact) mass is 516 g/mol. The highest BCUT2D eigenvalue weighted by molar-refractivity contribution is 5.91. The first-order valence-electron chi connectivity index (χ1n) is 12.1. The number of rotatable bonds is 6. The minimum absolute atomic E-state index is 0.0215. The molecule has 13 heteroatoms. The van der Waals surface area contributed by atoms with E-state index in [1.54, 1.807) is 24.4 Å². The highest BCUT2D eigenvalue weighted by Gasteiger charge is 2.49. The van der Waals surface area contributed by atoms with Crippen molar-refractivity contribution < 1.29 is 22.6 Å². The Morgan fingerprint density at radius 3 is 2.78 bits per heavy atom. The number of anilines is 1. The van der Waals surface area contributed by atoms with Crippen molar-refractivity contribution in [3.8, 4) is 17.0 Å². The molecule has 5 heterocycles. The Bertz CT molecular complexity index is 1470. The lowest BCUT2D eigenvalue weighted by Crippen LogP contribution is -2.57. The number of methoxy groups -OCH3 is 1. The van der Waals surface area contributed by atoms with Crippen molar-refractivity contribution in [3.05, 3.63) is 30.0 Å². The maximum atomic E-state index is 15.8. The number of likely N-dealkylation sites (tertiary alicyclic amines) is 1. The van der Waals surface area contributed by atoms with Crippen LogP contribution in [-0.2, 0) is 11.3 Å². The molecule has 2 atom stereocenters. The highest BCUT2D eigenvalue weighted by Crippen LogP contribution is 2.47. The number of halogens is 3. The van der Waals surface area contributed by atoms with Gasteiger partial charge in [-0.1, -0.05) is 11.3 Å². The van der Waals surface area contributed by atoms with E-state index in [9.17, 15) is 4.39 Å². The lowest BCUT2D eigenvalue weighted by atomic mass is 9.83. The lowest BCUT2D eigenvalue weighted by molar-refractivity contribution is -0.136. The maximum absolute atomic E-state index is 15.8. The van der Waals surface area contributed by atoms with Gasteiger partial charge in [-0.15, -0.1) is 10.2 Å². The van der Waals surface area contributed by atoms with E-state index in [2.05, 4.69) is 20.4 Å². The smallest absolute Gasteiger partial charge is 0.267 e. The number of piperidine rings is 1. The molecule has 196 valence electrons. The number of nitrogens with zero attached hydrogens (tertiary/aromatic N) is 7. The Morgan fingerprint density at radius 2 is 2.11 bits per heavy atom. The molecule has 2 N–H and O–H groups in total. The molecule has 2 aliphatic rings. The molecule has 10 nitrogen and oxygen atoms in total. The van der Waals surface area contributed by atoms with Crippen molar-refractivity contribution >= 4 is 22.5 Å². The molecule has 0 amide bonds. The first-order chi connectivity index (χ1) is 17.7. The van der Waals surface area contributed by atoms with E-state index in [1.807, 2.05) is 4.90 Å². The van der Waals surface area contributed by atoms with Gasteiger partial charge in [0.25, 0.3) is 5.92 Å². The van der Waals surface area contributed by atoms with Gasteiger partial charge in [0.15, 0.2) is 0 Å². The number of hydrogen-bond donors (Lipinski definition) is 1. The van der Waals surface area contributed by atoms with E-state index in [0.717, 1.165) is 0 Å². The SMILES string of the molecule is COc1nc(N)nn2cc([C@H]3CCN(C4COC4)CC3(F)F)c(-c3ccc4nnn(C[C@H](C)F)c4c3)c12. The van der Waals surface area contributed by atoms with Gasteiger partial charge in [0.05, 0.1) is 50.9 Å². The molecule has 6 rings (SSSR count). The number of hydrogen-bond acceptors (Lipinski definition) is 8. The Kier molecular flexibility index (Phi) is 5.71. The third kappa shape index (κ3) is 4.06. The Morgan fingerprint density at radius 1 is 1.30 bits per heavy atom.